The molecule has 0 aromatic carbocycles. The van der Waals surface area contributed by atoms with E-state index in [1.807, 2.05) is 4.90 Å². The second-order valence-electron chi connectivity index (χ2n) is 7.81. The van der Waals surface area contributed by atoms with Gasteiger partial charge in [-0.15, -0.1) is 0 Å². The van der Waals surface area contributed by atoms with Crippen LogP contribution in [-0.4, -0.2) is 66.1 Å². The van der Waals surface area contributed by atoms with Crippen molar-refractivity contribution in [3.05, 3.63) is 11.7 Å². The second-order valence-corrected chi connectivity index (χ2v) is 9.79. The summed E-state index contributed by atoms with van der Waals surface area (Å²) in [5, 5.41) is 4.11. The highest BCUT2D eigenvalue weighted by Gasteiger charge is 2.35. The summed E-state index contributed by atoms with van der Waals surface area (Å²) in [6.07, 6.45) is 5.15. The highest BCUT2D eigenvalue weighted by atomic mass is 32.2. The maximum Gasteiger partial charge on any atom is 0.227 e. The molecule has 8 nitrogen and oxygen atoms in total. The number of amides is 1. The van der Waals surface area contributed by atoms with Crippen LogP contribution in [0, 0.1) is 11.8 Å². The van der Waals surface area contributed by atoms with Crippen molar-refractivity contribution >= 4 is 15.9 Å². The first-order valence-corrected chi connectivity index (χ1v) is 11.7. The van der Waals surface area contributed by atoms with E-state index in [2.05, 4.69) is 24.0 Å². The first-order chi connectivity index (χ1) is 12.8. The van der Waals surface area contributed by atoms with E-state index in [0.717, 1.165) is 25.9 Å². The molecular weight excluding hydrogens is 368 g/mol. The van der Waals surface area contributed by atoms with Crippen LogP contribution >= 0.6 is 0 Å². The van der Waals surface area contributed by atoms with Crippen LogP contribution in [0.5, 0.6) is 0 Å². The number of carbonyl (C=O) groups is 1. The van der Waals surface area contributed by atoms with Crippen molar-refractivity contribution in [2.45, 2.75) is 51.9 Å². The van der Waals surface area contributed by atoms with Gasteiger partial charge in [0.05, 0.1) is 6.26 Å². The van der Waals surface area contributed by atoms with Gasteiger partial charge >= 0.3 is 0 Å². The van der Waals surface area contributed by atoms with E-state index in [1.165, 1.54) is 10.6 Å². The molecule has 152 valence electrons. The van der Waals surface area contributed by atoms with Crippen LogP contribution in [0.25, 0.3) is 0 Å². The molecule has 3 heterocycles. The van der Waals surface area contributed by atoms with Gasteiger partial charge in [-0.25, -0.2) is 12.7 Å². The molecule has 2 saturated heterocycles. The molecule has 2 aliphatic heterocycles. The SMILES string of the molecule is CCC(CC)C(=O)N1CC(Cc2nc(C3CCN(S(C)(=O)=O)CC3)no2)C1. The number of rotatable bonds is 7. The number of carbonyl (C=O) groups excluding carboxylic acids is 1. The summed E-state index contributed by atoms with van der Waals surface area (Å²) in [7, 11) is -3.12. The molecule has 0 saturated carbocycles. The Labute approximate surface area is 161 Å². The van der Waals surface area contributed by atoms with Crippen LogP contribution in [0.4, 0.5) is 0 Å². The van der Waals surface area contributed by atoms with Crippen LogP contribution in [0.2, 0.25) is 0 Å². The van der Waals surface area contributed by atoms with Crippen molar-refractivity contribution in [1.82, 2.24) is 19.3 Å². The minimum Gasteiger partial charge on any atom is -0.342 e. The van der Waals surface area contributed by atoms with Gasteiger partial charge in [-0.1, -0.05) is 19.0 Å². The van der Waals surface area contributed by atoms with Gasteiger partial charge in [0.1, 0.15) is 0 Å². The molecule has 2 fully saturated rings. The third kappa shape index (κ3) is 4.68. The van der Waals surface area contributed by atoms with Crippen molar-refractivity contribution in [3.63, 3.8) is 0 Å². The zero-order valence-corrected chi connectivity index (χ0v) is 17.2. The minimum atomic E-state index is -3.12. The Morgan fingerprint density at radius 1 is 1.22 bits per heavy atom. The molecule has 0 bridgehead atoms. The van der Waals surface area contributed by atoms with E-state index in [9.17, 15) is 13.2 Å². The summed E-state index contributed by atoms with van der Waals surface area (Å²) in [5.74, 6) is 2.23. The van der Waals surface area contributed by atoms with Crippen molar-refractivity contribution in [3.8, 4) is 0 Å². The number of sulfonamides is 1. The summed E-state index contributed by atoms with van der Waals surface area (Å²) in [6, 6.07) is 0. The van der Waals surface area contributed by atoms with Gasteiger partial charge in [-0.3, -0.25) is 4.79 Å². The summed E-state index contributed by atoms with van der Waals surface area (Å²) < 4.78 is 30.1. The van der Waals surface area contributed by atoms with Gasteiger partial charge in [0.15, 0.2) is 5.82 Å². The molecule has 0 radical (unpaired) electrons. The normalized spacial score (nSPS) is 20.2. The van der Waals surface area contributed by atoms with Gasteiger partial charge in [0.2, 0.25) is 21.8 Å². The first-order valence-electron chi connectivity index (χ1n) is 9.88. The largest absolute Gasteiger partial charge is 0.342 e. The van der Waals surface area contributed by atoms with Crippen molar-refractivity contribution < 1.29 is 17.7 Å². The molecule has 1 amide bonds. The average molecular weight is 399 g/mol. The fourth-order valence-electron chi connectivity index (χ4n) is 3.98. The van der Waals surface area contributed by atoms with Crippen LogP contribution in [0.15, 0.2) is 4.52 Å². The minimum absolute atomic E-state index is 0.138. The van der Waals surface area contributed by atoms with Gasteiger partial charge in [-0.2, -0.15) is 4.98 Å². The number of piperidine rings is 1. The highest BCUT2D eigenvalue weighted by Crippen LogP contribution is 2.28. The Morgan fingerprint density at radius 3 is 2.41 bits per heavy atom. The van der Waals surface area contributed by atoms with Gasteiger partial charge in [0, 0.05) is 50.4 Å². The molecule has 0 aliphatic carbocycles. The predicted molar refractivity (Wildman–Crippen MR) is 101 cm³/mol. The Hall–Kier alpha value is -1.48. The fraction of sp³-hybridized carbons (Fsp3) is 0.833. The lowest BCUT2D eigenvalue weighted by atomic mass is 9.92. The number of likely N-dealkylation sites (tertiary alicyclic amines) is 1. The molecule has 3 rings (SSSR count). The van der Waals surface area contributed by atoms with Gasteiger partial charge in [-0.05, 0) is 25.7 Å². The smallest absolute Gasteiger partial charge is 0.227 e. The lowest BCUT2D eigenvalue weighted by molar-refractivity contribution is -0.142. The van der Waals surface area contributed by atoms with Crippen molar-refractivity contribution in [2.75, 3.05) is 32.4 Å². The molecular formula is C18H30N4O4S. The molecule has 1 aromatic rings. The lowest BCUT2D eigenvalue weighted by Gasteiger charge is -2.40. The fourth-order valence-corrected chi connectivity index (χ4v) is 4.86. The number of hydrogen-bond donors (Lipinski definition) is 0. The molecule has 0 spiro atoms. The van der Waals surface area contributed by atoms with Crippen LogP contribution in [-0.2, 0) is 21.2 Å². The lowest BCUT2D eigenvalue weighted by Crippen LogP contribution is -2.52. The second kappa shape index (κ2) is 8.26. The van der Waals surface area contributed by atoms with Gasteiger partial charge in [0.25, 0.3) is 0 Å². The summed E-state index contributed by atoms with van der Waals surface area (Å²) in [4.78, 5) is 18.8. The highest BCUT2D eigenvalue weighted by molar-refractivity contribution is 7.88. The van der Waals surface area contributed by atoms with E-state index in [0.29, 0.717) is 50.0 Å². The van der Waals surface area contributed by atoms with E-state index in [1.54, 1.807) is 0 Å². The van der Waals surface area contributed by atoms with Crippen molar-refractivity contribution in [2.24, 2.45) is 11.8 Å². The summed E-state index contributed by atoms with van der Waals surface area (Å²) in [6.45, 7) is 6.65. The Balaban J connectivity index is 1.47. The van der Waals surface area contributed by atoms with Crippen molar-refractivity contribution in [1.29, 1.82) is 0 Å². The summed E-state index contributed by atoms with van der Waals surface area (Å²) in [5.41, 5.74) is 0. The summed E-state index contributed by atoms with van der Waals surface area (Å²) >= 11 is 0. The number of hydrogen-bond acceptors (Lipinski definition) is 6. The van der Waals surface area contributed by atoms with E-state index in [4.69, 9.17) is 4.52 Å². The zero-order chi connectivity index (χ0) is 19.6. The molecule has 0 N–H and O–H groups in total. The first kappa shape index (κ1) is 20.3. The molecule has 1 aromatic heterocycles. The Bertz CT molecular complexity index is 745. The van der Waals surface area contributed by atoms with Gasteiger partial charge < -0.3 is 9.42 Å². The Kier molecular flexibility index (Phi) is 6.20. The van der Waals surface area contributed by atoms with E-state index in [-0.39, 0.29) is 17.7 Å². The maximum absolute atomic E-state index is 12.3. The van der Waals surface area contributed by atoms with Crippen LogP contribution in [0.3, 0.4) is 0 Å². The topological polar surface area (TPSA) is 96.6 Å². The number of aromatic nitrogens is 2. The monoisotopic (exact) mass is 398 g/mol. The molecule has 2 aliphatic rings. The third-order valence-corrected chi connectivity index (χ3v) is 7.14. The number of nitrogens with zero attached hydrogens (tertiary/aromatic N) is 4. The molecule has 9 heteroatoms. The van der Waals surface area contributed by atoms with E-state index < -0.39 is 10.0 Å². The molecule has 27 heavy (non-hydrogen) atoms. The third-order valence-electron chi connectivity index (χ3n) is 5.84. The maximum atomic E-state index is 12.3. The predicted octanol–water partition coefficient (Wildman–Crippen LogP) is 1.65. The standard InChI is InChI=1S/C18H30N4O4S/c1-4-14(5-2)18(23)21-11-13(12-21)10-16-19-17(20-26-16)15-6-8-22(9-7-15)27(3,24)25/h13-15H,4-12H2,1-3H3. The quantitative estimate of drug-likeness (QED) is 0.693. The Morgan fingerprint density at radius 2 is 1.85 bits per heavy atom. The van der Waals surface area contributed by atoms with Crippen LogP contribution in [0.1, 0.15) is 57.2 Å². The van der Waals surface area contributed by atoms with E-state index >= 15 is 0 Å². The van der Waals surface area contributed by atoms with Crippen LogP contribution < -0.4 is 0 Å². The molecule has 0 atom stereocenters. The zero-order valence-electron chi connectivity index (χ0n) is 16.4. The molecule has 0 unspecified atom stereocenters. The average Bonchev–Trinajstić information content (AvgIpc) is 3.06.